The topological polar surface area (TPSA) is 102 Å². The fraction of sp³-hybridized carbons (Fsp3) is 0.154. The molecule has 0 atom stereocenters. The highest BCUT2D eigenvalue weighted by atomic mass is 32.2. The van der Waals surface area contributed by atoms with E-state index >= 15 is 0 Å². The number of rotatable bonds is 4. The van der Waals surface area contributed by atoms with Crippen LogP contribution in [0.4, 0.5) is 11.4 Å². The third-order valence-electron chi connectivity index (χ3n) is 2.87. The summed E-state index contributed by atoms with van der Waals surface area (Å²) in [5, 5.41) is 5.13. The van der Waals surface area contributed by atoms with Crippen LogP contribution in [0.2, 0.25) is 0 Å². The molecule has 0 aliphatic carbocycles. The first-order valence-corrected chi connectivity index (χ1v) is 7.46. The monoisotopic (exact) mass is 292 g/mol. The second-order valence-corrected chi connectivity index (χ2v) is 6.00. The van der Waals surface area contributed by atoms with Crippen LogP contribution in [0.5, 0.6) is 0 Å². The summed E-state index contributed by atoms with van der Waals surface area (Å²) < 4.78 is 22.8. The molecule has 20 heavy (non-hydrogen) atoms. The van der Waals surface area contributed by atoms with E-state index in [1.165, 1.54) is 18.2 Å². The molecular formula is C13H16N4O2S. The van der Waals surface area contributed by atoms with Gasteiger partial charge in [-0.2, -0.15) is 0 Å². The van der Waals surface area contributed by atoms with Gasteiger partial charge in [-0.3, -0.25) is 4.98 Å². The molecule has 1 aromatic carbocycles. The first-order valence-electron chi connectivity index (χ1n) is 5.91. The third kappa shape index (κ3) is 3.25. The van der Waals surface area contributed by atoms with Crippen LogP contribution >= 0.6 is 0 Å². The fourth-order valence-corrected chi connectivity index (χ4v) is 2.38. The molecule has 6 nitrogen and oxygen atoms in total. The van der Waals surface area contributed by atoms with Crippen molar-refractivity contribution in [1.29, 1.82) is 0 Å². The molecule has 2 rings (SSSR count). The Kier molecular flexibility index (Phi) is 3.91. The lowest BCUT2D eigenvalue weighted by Crippen LogP contribution is -2.20. The van der Waals surface area contributed by atoms with Gasteiger partial charge in [-0.05, 0) is 30.3 Å². The summed E-state index contributed by atoms with van der Waals surface area (Å²) in [4.78, 5) is 6.08. The predicted octanol–water partition coefficient (Wildman–Crippen LogP) is 0.948. The lowest BCUT2D eigenvalue weighted by molar-refractivity contribution is 0.598. The largest absolute Gasteiger partial charge is 0.397 e. The second-order valence-electron chi connectivity index (χ2n) is 4.44. The first kappa shape index (κ1) is 14.3. The van der Waals surface area contributed by atoms with Gasteiger partial charge in [0.15, 0.2) is 0 Å². The summed E-state index contributed by atoms with van der Waals surface area (Å²) in [6.45, 7) is 0.513. The summed E-state index contributed by atoms with van der Waals surface area (Å²) in [6, 6.07) is 10.00. The van der Waals surface area contributed by atoms with E-state index in [0.717, 1.165) is 5.69 Å². The molecule has 0 saturated heterocycles. The number of nitrogen functional groups attached to an aromatic ring is 1. The number of hydrogen-bond acceptors (Lipinski definition) is 5. The maximum absolute atomic E-state index is 11.4. The van der Waals surface area contributed by atoms with Gasteiger partial charge in [-0.1, -0.05) is 6.07 Å². The minimum absolute atomic E-state index is 0.0366. The number of pyridine rings is 1. The van der Waals surface area contributed by atoms with Crippen LogP contribution in [0, 0.1) is 0 Å². The van der Waals surface area contributed by atoms with E-state index in [1.807, 2.05) is 30.1 Å². The number of anilines is 2. The maximum atomic E-state index is 11.4. The smallest absolute Gasteiger partial charge is 0.238 e. The van der Waals surface area contributed by atoms with E-state index in [4.69, 9.17) is 10.9 Å². The Hall–Kier alpha value is -2.12. The van der Waals surface area contributed by atoms with E-state index in [-0.39, 0.29) is 4.90 Å². The quantitative estimate of drug-likeness (QED) is 0.817. The molecule has 0 aliphatic heterocycles. The predicted molar refractivity (Wildman–Crippen MR) is 78.6 cm³/mol. The van der Waals surface area contributed by atoms with Crippen molar-refractivity contribution in [1.82, 2.24) is 4.98 Å². The molecule has 4 N–H and O–H groups in total. The molecule has 0 amide bonds. The summed E-state index contributed by atoms with van der Waals surface area (Å²) in [5.74, 6) is 0. The van der Waals surface area contributed by atoms with Gasteiger partial charge in [0.05, 0.1) is 28.5 Å². The number of nitrogens with zero attached hydrogens (tertiary/aromatic N) is 2. The van der Waals surface area contributed by atoms with Gasteiger partial charge in [-0.15, -0.1) is 0 Å². The molecule has 0 radical (unpaired) electrons. The standard InChI is InChI=1S/C13H16N4O2S/c1-17(9-10-4-2-3-7-16-10)13-8-11(20(15,18)19)5-6-12(13)14/h2-8H,9,14H2,1H3,(H2,15,18,19). The normalized spacial score (nSPS) is 11.3. The summed E-state index contributed by atoms with van der Waals surface area (Å²) >= 11 is 0. The highest BCUT2D eigenvalue weighted by Crippen LogP contribution is 2.26. The van der Waals surface area contributed by atoms with Crippen LogP contribution in [0.25, 0.3) is 0 Å². The average molecular weight is 292 g/mol. The summed E-state index contributed by atoms with van der Waals surface area (Å²) in [7, 11) is -1.93. The van der Waals surface area contributed by atoms with Crippen molar-refractivity contribution in [3.05, 3.63) is 48.3 Å². The second kappa shape index (κ2) is 5.48. The van der Waals surface area contributed by atoms with Crippen LogP contribution < -0.4 is 15.8 Å². The number of primary sulfonamides is 1. The van der Waals surface area contributed by atoms with E-state index in [0.29, 0.717) is 17.9 Å². The molecule has 106 valence electrons. The van der Waals surface area contributed by atoms with Crippen molar-refractivity contribution in [2.75, 3.05) is 17.7 Å². The number of nitrogens with two attached hydrogens (primary N) is 2. The van der Waals surface area contributed by atoms with Crippen LogP contribution in [0.3, 0.4) is 0 Å². The number of sulfonamides is 1. The van der Waals surface area contributed by atoms with Gasteiger partial charge < -0.3 is 10.6 Å². The highest BCUT2D eigenvalue weighted by molar-refractivity contribution is 7.89. The Balaban J connectivity index is 2.32. The molecule has 0 bridgehead atoms. The molecule has 2 aromatic rings. The molecule has 1 aromatic heterocycles. The Labute approximate surface area is 118 Å². The highest BCUT2D eigenvalue weighted by Gasteiger charge is 2.13. The molecule has 1 heterocycles. The molecule has 0 spiro atoms. The van der Waals surface area contributed by atoms with Crippen molar-refractivity contribution in [3.8, 4) is 0 Å². The van der Waals surface area contributed by atoms with E-state index < -0.39 is 10.0 Å². The Morgan fingerprint density at radius 2 is 2.00 bits per heavy atom. The lowest BCUT2D eigenvalue weighted by atomic mass is 10.2. The molecule has 0 aliphatic rings. The lowest BCUT2D eigenvalue weighted by Gasteiger charge is -2.21. The Bertz CT molecular complexity index is 702. The summed E-state index contributed by atoms with van der Waals surface area (Å²) in [5.41, 5.74) is 7.83. The SMILES string of the molecule is CN(Cc1ccccn1)c1cc(S(N)(=O)=O)ccc1N. The molecular weight excluding hydrogens is 276 g/mol. The minimum Gasteiger partial charge on any atom is -0.397 e. The zero-order chi connectivity index (χ0) is 14.8. The maximum Gasteiger partial charge on any atom is 0.238 e. The fourth-order valence-electron chi connectivity index (χ4n) is 1.85. The van der Waals surface area contributed by atoms with Crippen molar-refractivity contribution in [2.45, 2.75) is 11.4 Å². The molecule has 0 saturated carbocycles. The number of benzene rings is 1. The van der Waals surface area contributed by atoms with Crippen molar-refractivity contribution in [2.24, 2.45) is 5.14 Å². The van der Waals surface area contributed by atoms with E-state index in [9.17, 15) is 8.42 Å². The van der Waals surface area contributed by atoms with Gasteiger partial charge in [-0.25, -0.2) is 13.6 Å². The number of hydrogen-bond donors (Lipinski definition) is 2. The van der Waals surface area contributed by atoms with Gasteiger partial charge >= 0.3 is 0 Å². The zero-order valence-electron chi connectivity index (χ0n) is 11.0. The van der Waals surface area contributed by atoms with Gasteiger partial charge in [0.1, 0.15) is 0 Å². The molecule has 0 unspecified atom stereocenters. The minimum atomic E-state index is -3.75. The van der Waals surface area contributed by atoms with Gasteiger partial charge in [0, 0.05) is 13.2 Å². The van der Waals surface area contributed by atoms with Crippen LogP contribution in [-0.2, 0) is 16.6 Å². The Morgan fingerprint density at radius 1 is 1.25 bits per heavy atom. The number of aromatic nitrogens is 1. The Morgan fingerprint density at radius 3 is 2.60 bits per heavy atom. The zero-order valence-corrected chi connectivity index (χ0v) is 11.8. The van der Waals surface area contributed by atoms with Gasteiger partial charge in [0.2, 0.25) is 10.0 Å². The third-order valence-corrected chi connectivity index (χ3v) is 3.78. The van der Waals surface area contributed by atoms with Crippen LogP contribution in [-0.4, -0.2) is 20.4 Å². The summed E-state index contributed by atoms with van der Waals surface area (Å²) in [6.07, 6.45) is 1.70. The van der Waals surface area contributed by atoms with Gasteiger partial charge in [0.25, 0.3) is 0 Å². The average Bonchev–Trinajstić information content (AvgIpc) is 2.39. The molecule has 0 fully saturated rings. The van der Waals surface area contributed by atoms with E-state index in [2.05, 4.69) is 4.98 Å². The molecule has 7 heteroatoms. The first-order chi connectivity index (χ1) is 9.38. The van der Waals surface area contributed by atoms with Crippen molar-refractivity contribution in [3.63, 3.8) is 0 Å². The van der Waals surface area contributed by atoms with Crippen LogP contribution in [0.1, 0.15) is 5.69 Å². The van der Waals surface area contributed by atoms with E-state index in [1.54, 1.807) is 6.20 Å². The van der Waals surface area contributed by atoms with Crippen molar-refractivity contribution < 1.29 is 8.42 Å². The van der Waals surface area contributed by atoms with Crippen LogP contribution in [0.15, 0.2) is 47.5 Å². The van der Waals surface area contributed by atoms with Crippen molar-refractivity contribution >= 4 is 21.4 Å².